The van der Waals surface area contributed by atoms with Crippen LogP contribution in [0.15, 0.2) is 30.5 Å². The molecule has 0 bridgehead atoms. The molecule has 0 unspecified atom stereocenters. The SMILES string of the molecule is NC(=O)c1cc2nccc(-c3cc(Cl)cc4c3O[C@H](C(=O)N3CCNCC3)C4)c2s1. The van der Waals surface area contributed by atoms with Gasteiger partial charge in [0.05, 0.1) is 15.1 Å². The van der Waals surface area contributed by atoms with E-state index in [1.54, 1.807) is 12.3 Å². The molecule has 30 heavy (non-hydrogen) atoms. The van der Waals surface area contributed by atoms with Crippen LogP contribution in [0.2, 0.25) is 5.02 Å². The van der Waals surface area contributed by atoms with Gasteiger partial charge >= 0.3 is 0 Å². The normalized spacial score (nSPS) is 18.3. The molecule has 2 aromatic heterocycles. The molecule has 0 spiro atoms. The highest BCUT2D eigenvalue weighted by molar-refractivity contribution is 7.21. The summed E-state index contributed by atoms with van der Waals surface area (Å²) >= 11 is 7.71. The number of halogens is 1. The van der Waals surface area contributed by atoms with Crippen molar-refractivity contribution in [1.82, 2.24) is 15.2 Å². The first-order chi connectivity index (χ1) is 14.5. The number of nitrogens with zero attached hydrogens (tertiary/aromatic N) is 2. The number of ether oxygens (including phenoxy) is 1. The summed E-state index contributed by atoms with van der Waals surface area (Å²) in [6, 6.07) is 7.24. The molecule has 1 aromatic carbocycles. The van der Waals surface area contributed by atoms with E-state index in [1.165, 1.54) is 11.3 Å². The predicted octanol–water partition coefficient (Wildman–Crippen LogP) is 2.45. The van der Waals surface area contributed by atoms with Crippen molar-refractivity contribution in [3.05, 3.63) is 45.9 Å². The summed E-state index contributed by atoms with van der Waals surface area (Å²) in [4.78, 5) is 31.3. The number of pyridine rings is 1. The third-order valence-corrected chi connectivity index (χ3v) is 6.84. The highest BCUT2D eigenvalue weighted by Gasteiger charge is 2.35. The van der Waals surface area contributed by atoms with Crippen LogP contribution in [0, 0.1) is 0 Å². The van der Waals surface area contributed by atoms with Crippen molar-refractivity contribution in [2.45, 2.75) is 12.5 Å². The van der Waals surface area contributed by atoms with Crippen LogP contribution in [0.5, 0.6) is 5.75 Å². The number of aromatic nitrogens is 1. The number of amides is 2. The van der Waals surface area contributed by atoms with Crippen LogP contribution in [0.4, 0.5) is 0 Å². The zero-order valence-electron chi connectivity index (χ0n) is 16.0. The number of carbonyl (C=O) groups is 2. The summed E-state index contributed by atoms with van der Waals surface area (Å²) in [5.74, 6) is 0.175. The minimum absolute atomic E-state index is 0.00165. The number of piperazine rings is 1. The van der Waals surface area contributed by atoms with Gasteiger partial charge in [-0.05, 0) is 24.3 Å². The second-order valence-electron chi connectivity index (χ2n) is 7.38. The largest absolute Gasteiger partial charge is 0.479 e. The summed E-state index contributed by atoms with van der Waals surface area (Å²) in [7, 11) is 0. The molecule has 2 amide bonds. The molecule has 1 atom stereocenters. The molecular formula is C21H19ClN4O3S. The highest BCUT2D eigenvalue weighted by atomic mass is 35.5. The lowest BCUT2D eigenvalue weighted by Gasteiger charge is -2.29. The molecule has 1 fully saturated rings. The monoisotopic (exact) mass is 442 g/mol. The summed E-state index contributed by atoms with van der Waals surface area (Å²) in [6.45, 7) is 2.94. The van der Waals surface area contributed by atoms with Crippen molar-refractivity contribution in [2.75, 3.05) is 26.2 Å². The van der Waals surface area contributed by atoms with Crippen LogP contribution in [0.3, 0.4) is 0 Å². The van der Waals surface area contributed by atoms with Crippen molar-refractivity contribution in [3.8, 4) is 16.9 Å². The van der Waals surface area contributed by atoms with Gasteiger partial charge in [-0.25, -0.2) is 0 Å². The number of fused-ring (bicyclic) bond motifs is 2. The number of primary amides is 1. The molecule has 3 aromatic rings. The van der Waals surface area contributed by atoms with E-state index in [4.69, 9.17) is 22.1 Å². The van der Waals surface area contributed by atoms with E-state index in [0.717, 1.165) is 34.5 Å². The van der Waals surface area contributed by atoms with Crippen molar-refractivity contribution in [1.29, 1.82) is 0 Å². The Kier molecular flexibility index (Phi) is 4.85. The Morgan fingerprint density at radius 3 is 2.80 bits per heavy atom. The number of hydrogen-bond acceptors (Lipinski definition) is 6. The van der Waals surface area contributed by atoms with Crippen LogP contribution in [0.1, 0.15) is 15.2 Å². The van der Waals surface area contributed by atoms with Gasteiger partial charge in [0.1, 0.15) is 5.75 Å². The lowest BCUT2D eigenvalue weighted by molar-refractivity contribution is -0.138. The zero-order chi connectivity index (χ0) is 20.8. The van der Waals surface area contributed by atoms with Gasteiger partial charge in [-0.1, -0.05) is 11.6 Å². The number of benzene rings is 1. The maximum atomic E-state index is 13.0. The minimum Gasteiger partial charge on any atom is -0.479 e. The van der Waals surface area contributed by atoms with E-state index in [0.29, 0.717) is 40.7 Å². The molecule has 3 N–H and O–H groups in total. The summed E-state index contributed by atoms with van der Waals surface area (Å²) in [6.07, 6.45) is 1.61. The van der Waals surface area contributed by atoms with Crippen LogP contribution >= 0.6 is 22.9 Å². The third kappa shape index (κ3) is 3.30. The quantitative estimate of drug-likeness (QED) is 0.649. The van der Waals surface area contributed by atoms with E-state index in [9.17, 15) is 9.59 Å². The predicted molar refractivity (Wildman–Crippen MR) is 116 cm³/mol. The molecule has 0 radical (unpaired) electrons. The molecule has 0 aliphatic carbocycles. The second-order valence-corrected chi connectivity index (χ2v) is 8.86. The second kappa shape index (κ2) is 7.54. The summed E-state index contributed by atoms with van der Waals surface area (Å²) < 4.78 is 7.02. The number of nitrogens with two attached hydrogens (primary N) is 1. The Balaban J connectivity index is 1.55. The average molecular weight is 443 g/mol. The Hall–Kier alpha value is -2.68. The number of carbonyl (C=O) groups excluding carboxylic acids is 2. The van der Waals surface area contributed by atoms with Gasteiger partial charge < -0.3 is 20.7 Å². The smallest absolute Gasteiger partial charge is 0.264 e. The van der Waals surface area contributed by atoms with Crippen LogP contribution in [-0.2, 0) is 11.2 Å². The molecule has 5 rings (SSSR count). The van der Waals surface area contributed by atoms with E-state index in [2.05, 4.69) is 10.3 Å². The standard InChI is InChI=1S/C21H19ClN4O3S/c22-12-7-11-8-16(21(28)26-5-3-24-4-6-26)29-18(11)14(9-12)13-1-2-25-15-10-17(20(23)27)30-19(13)15/h1-2,7,9-10,16,24H,3-6,8H2,(H2,23,27)/t16-/m0/s1. The van der Waals surface area contributed by atoms with Gasteiger partial charge in [-0.15, -0.1) is 11.3 Å². The summed E-state index contributed by atoms with van der Waals surface area (Å²) in [5, 5.41) is 3.82. The topological polar surface area (TPSA) is 97.5 Å². The average Bonchev–Trinajstić information content (AvgIpc) is 3.37. The van der Waals surface area contributed by atoms with Crippen molar-refractivity contribution in [3.63, 3.8) is 0 Å². The highest BCUT2D eigenvalue weighted by Crippen LogP contribution is 2.44. The lowest BCUT2D eigenvalue weighted by atomic mass is 10.0. The van der Waals surface area contributed by atoms with E-state index >= 15 is 0 Å². The van der Waals surface area contributed by atoms with Gasteiger partial charge in [-0.2, -0.15) is 0 Å². The fourth-order valence-corrected chi connectivity index (χ4v) is 5.26. The molecule has 1 saturated heterocycles. The molecule has 4 heterocycles. The molecule has 154 valence electrons. The van der Waals surface area contributed by atoms with Crippen molar-refractivity contribution < 1.29 is 14.3 Å². The Morgan fingerprint density at radius 1 is 1.23 bits per heavy atom. The number of rotatable bonds is 3. The van der Waals surface area contributed by atoms with Gasteiger partial charge in [-0.3, -0.25) is 14.6 Å². The fraction of sp³-hybridized carbons (Fsp3) is 0.286. The molecule has 9 heteroatoms. The number of nitrogens with one attached hydrogen (secondary N) is 1. The number of hydrogen-bond donors (Lipinski definition) is 2. The van der Waals surface area contributed by atoms with Gasteiger partial charge in [0.25, 0.3) is 11.8 Å². The first kappa shape index (κ1) is 19.3. The Bertz CT molecular complexity index is 1170. The lowest BCUT2D eigenvalue weighted by Crippen LogP contribution is -2.50. The van der Waals surface area contributed by atoms with E-state index in [-0.39, 0.29) is 5.91 Å². The van der Waals surface area contributed by atoms with Crippen molar-refractivity contribution in [2.24, 2.45) is 5.73 Å². The first-order valence-corrected chi connectivity index (χ1v) is 10.9. The molecule has 7 nitrogen and oxygen atoms in total. The van der Waals surface area contributed by atoms with Crippen LogP contribution in [-0.4, -0.2) is 54.0 Å². The summed E-state index contributed by atoms with van der Waals surface area (Å²) in [5.41, 5.74) is 8.69. The molecule has 0 saturated carbocycles. The van der Waals surface area contributed by atoms with Crippen LogP contribution < -0.4 is 15.8 Å². The van der Waals surface area contributed by atoms with Crippen LogP contribution in [0.25, 0.3) is 21.3 Å². The molecule has 2 aliphatic heterocycles. The Labute approximate surface area is 181 Å². The fourth-order valence-electron chi connectivity index (χ4n) is 4.02. The first-order valence-electron chi connectivity index (χ1n) is 9.68. The van der Waals surface area contributed by atoms with E-state index in [1.807, 2.05) is 23.1 Å². The van der Waals surface area contributed by atoms with Gasteiger partial charge in [0.2, 0.25) is 0 Å². The van der Waals surface area contributed by atoms with Gasteiger partial charge in [0.15, 0.2) is 6.10 Å². The Morgan fingerprint density at radius 2 is 2.03 bits per heavy atom. The number of thiophene rings is 1. The zero-order valence-corrected chi connectivity index (χ0v) is 17.6. The van der Waals surface area contributed by atoms with Crippen molar-refractivity contribution >= 4 is 45.0 Å². The molecule has 2 aliphatic rings. The van der Waals surface area contributed by atoms with E-state index < -0.39 is 12.0 Å². The molecular weight excluding hydrogens is 424 g/mol. The van der Waals surface area contributed by atoms with Gasteiger partial charge in [0, 0.05) is 60.5 Å². The minimum atomic E-state index is -0.558. The maximum absolute atomic E-state index is 13.0. The third-order valence-electron chi connectivity index (χ3n) is 5.45. The maximum Gasteiger partial charge on any atom is 0.264 e.